The van der Waals surface area contributed by atoms with Crippen LogP contribution in [-0.2, 0) is 9.59 Å². The molecule has 1 saturated heterocycles. The molecule has 1 spiro atoms. The van der Waals surface area contributed by atoms with E-state index in [2.05, 4.69) is 17.3 Å². The predicted molar refractivity (Wildman–Crippen MR) is 102 cm³/mol. The third kappa shape index (κ3) is 1.95. The van der Waals surface area contributed by atoms with Gasteiger partial charge in [-0.3, -0.25) is 9.59 Å². The van der Waals surface area contributed by atoms with Gasteiger partial charge < -0.3 is 9.84 Å². The summed E-state index contributed by atoms with van der Waals surface area (Å²) in [6.45, 7) is 0. The number of methoxy groups -OCH3 is 1. The number of benzene rings is 1. The number of hydrogen-bond acceptors (Lipinski definition) is 5. The van der Waals surface area contributed by atoms with E-state index in [9.17, 15) is 14.7 Å². The lowest BCUT2D eigenvalue weighted by atomic mass is 9.85. The molecule has 1 aromatic carbocycles. The van der Waals surface area contributed by atoms with E-state index in [0.29, 0.717) is 14.9 Å². The third-order valence-corrected chi connectivity index (χ3v) is 7.24. The Labute approximate surface area is 164 Å². The van der Waals surface area contributed by atoms with Crippen LogP contribution in [0.25, 0.3) is 0 Å². The standard InChI is InChI=1S/C19H17IN2O4/c1-26-13-7-9(6-12(20)16(13)23)8-21-22-17(24)14-10-2-3-11(15(14)18(22)25)19(10)4-5-19/h2-3,6-8,10-11,14-15,23H,4-5H2,1H3/b21-8-/t10-,11+,14-,15+. The summed E-state index contributed by atoms with van der Waals surface area (Å²) in [4.78, 5) is 25.7. The topological polar surface area (TPSA) is 79.2 Å². The smallest absolute Gasteiger partial charge is 0.254 e. The van der Waals surface area contributed by atoms with Crippen LogP contribution in [0.2, 0.25) is 0 Å². The second-order valence-electron chi connectivity index (χ2n) is 7.51. The number of phenols is 1. The van der Waals surface area contributed by atoms with Crippen molar-refractivity contribution in [2.75, 3.05) is 7.11 Å². The van der Waals surface area contributed by atoms with Crippen molar-refractivity contribution in [3.63, 3.8) is 0 Å². The minimum Gasteiger partial charge on any atom is -0.504 e. The molecule has 1 aromatic rings. The molecule has 2 saturated carbocycles. The van der Waals surface area contributed by atoms with Gasteiger partial charge in [-0.05, 0) is 70.4 Å². The normalized spacial score (nSPS) is 32.9. The second-order valence-corrected chi connectivity index (χ2v) is 8.67. The number of imide groups is 1. The first kappa shape index (κ1) is 16.3. The first-order valence-electron chi connectivity index (χ1n) is 8.64. The zero-order valence-electron chi connectivity index (χ0n) is 14.1. The van der Waals surface area contributed by atoms with Crippen LogP contribution < -0.4 is 4.74 Å². The number of amides is 2. The van der Waals surface area contributed by atoms with Gasteiger partial charge in [0.25, 0.3) is 11.8 Å². The van der Waals surface area contributed by atoms with Crippen LogP contribution >= 0.6 is 22.6 Å². The Hall–Kier alpha value is -1.90. The highest BCUT2D eigenvalue weighted by Gasteiger charge is 2.73. The van der Waals surface area contributed by atoms with Gasteiger partial charge in [-0.25, -0.2) is 0 Å². The minimum absolute atomic E-state index is 0.0606. The molecule has 1 heterocycles. The molecule has 3 fully saturated rings. The number of phenolic OH excluding ortho intramolecular Hbond substituents is 1. The van der Waals surface area contributed by atoms with Crippen LogP contribution in [-0.4, -0.2) is 35.3 Å². The molecule has 7 heteroatoms. The van der Waals surface area contributed by atoms with Gasteiger partial charge in [-0.1, -0.05) is 12.2 Å². The monoisotopic (exact) mass is 464 g/mol. The largest absolute Gasteiger partial charge is 0.504 e. The summed E-state index contributed by atoms with van der Waals surface area (Å²) >= 11 is 1.99. The van der Waals surface area contributed by atoms with Crippen LogP contribution in [0.4, 0.5) is 0 Å². The van der Waals surface area contributed by atoms with Crippen molar-refractivity contribution in [2.45, 2.75) is 12.8 Å². The van der Waals surface area contributed by atoms with Gasteiger partial charge in [0, 0.05) is 0 Å². The Morgan fingerprint density at radius 1 is 1.23 bits per heavy atom. The van der Waals surface area contributed by atoms with E-state index in [0.717, 1.165) is 17.9 Å². The number of halogens is 1. The first-order chi connectivity index (χ1) is 12.5. The van der Waals surface area contributed by atoms with Crippen LogP contribution in [0, 0.1) is 32.7 Å². The molecule has 134 valence electrons. The summed E-state index contributed by atoms with van der Waals surface area (Å²) in [5.41, 5.74) is 0.846. The number of allylic oxidation sites excluding steroid dienone is 2. The number of rotatable bonds is 3. The lowest BCUT2D eigenvalue weighted by Gasteiger charge is -2.18. The van der Waals surface area contributed by atoms with E-state index < -0.39 is 0 Å². The second kappa shape index (κ2) is 5.31. The number of hydrogen-bond donors (Lipinski definition) is 1. The molecule has 0 radical (unpaired) electrons. The van der Waals surface area contributed by atoms with E-state index in [1.807, 2.05) is 22.6 Å². The lowest BCUT2D eigenvalue weighted by Crippen LogP contribution is -2.30. The summed E-state index contributed by atoms with van der Waals surface area (Å²) in [7, 11) is 1.47. The number of carbonyl (C=O) groups excluding carboxylic acids is 2. The van der Waals surface area contributed by atoms with Crippen molar-refractivity contribution < 1.29 is 19.4 Å². The highest BCUT2D eigenvalue weighted by atomic mass is 127. The summed E-state index contributed by atoms with van der Waals surface area (Å²) in [5, 5.41) is 15.1. The van der Waals surface area contributed by atoms with Crippen molar-refractivity contribution in [1.82, 2.24) is 5.01 Å². The van der Waals surface area contributed by atoms with Crippen molar-refractivity contribution in [1.29, 1.82) is 0 Å². The zero-order chi connectivity index (χ0) is 18.2. The fourth-order valence-electron chi connectivity index (χ4n) is 5.12. The molecule has 0 aromatic heterocycles. The summed E-state index contributed by atoms with van der Waals surface area (Å²) < 4.78 is 5.74. The van der Waals surface area contributed by atoms with Gasteiger partial charge in [0.2, 0.25) is 0 Å². The maximum absolute atomic E-state index is 12.9. The van der Waals surface area contributed by atoms with Gasteiger partial charge in [-0.15, -0.1) is 0 Å². The van der Waals surface area contributed by atoms with Crippen LogP contribution in [0.1, 0.15) is 18.4 Å². The van der Waals surface area contributed by atoms with Crippen LogP contribution in [0.5, 0.6) is 11.5 Å². The zero-order valence-corrected chi connectivity index (χ0v) is 16.2. The Morgan fingerprint density at radius 2 is 1.85 bits per heavy atom. The Bertz CT molecular complexity index is 871. The minimum atomic E-state index is -0.244. The van der Waals surface area contributed by atoms with Crippen molar-refractivity contribution >= 4 is 40.6 Å². The molecule has 2 amide bonds. The molecular weight excluding hydrogens is 447 g/mol. The molecule has 2 bridgehead atoms. The summed E-state index contributed by atoms with van der Waals surface area (Å²) in [5.74, 6) is -0.0663. The fraction of sp³-hybridized carbons (Fsp3) is 0.421. The van der Waals surface area contributed by atoms with E-state index in [-0.39, 0.29) is 46.7 Å². The highest BCUT2D eigenvalue weighted by molar-refractivity contribution is 14.1. The predicted octanol–water partition coefficient (Wildman–Crippen LogP) is 2.54. The van der Waals surface area contributed by atoms with Gasteiger partial charge in [-0.2, -0.15) is 10.1 Å². The number of carbonyl (C=O) groups is 2. The average Bonchev–Trinajstić information content (AvgIpc) is 3.23. The maximum atomic E-state index is 12.9. The van der Waals surface area contributed by atoms with E-state index in [4.69, 9.17) is 4.74 Å². The van der Waals surface area contributed by atoms with Gasteiger partial charge in [0.1, 0.15) is 0 Å². The summed E-state index contributed by atoms with van der Waals surface area (Å²) in [6.07, 6.45) is 8.01. The maximum Gasteiger partial charge on any atom is 0.254 e. The van der Waals surface area contributed by atoms with E-state index >= 15 is 0 Å². The Morgan fingerprint density at radius 3 is 2.38 bits per heavy atom. The molecule has 26 heavy (non-hydrogen) atoms. The molecule has 0 unspecified atom stereocenters. The summed E-state index contributed by atoms with van der Waals surface area (Å²) in [6, 6.07) is 3.34. The SMILES string of the molecule is COc1cc(/C=N\N2C(=O)[C@@H]3[C@H](C2=O)[C@H]2C=C[C@@H]3C23CC3)cc(I)c1O. The molecule has 6 nitrogen and oxygen atoms in total. The van der Waals surface area contributed by atoms with E-state index in [1.54, 1.807) is 12.1 Å². The number of aromatic hydroxyl groups is 1. The van der Waals surface area contributed by atoms with Crippen molar-refractivity contribution in [2.24, 2.45) is 34.2 Å². The van der Waals surface area contributed by atoms with Gasteiger partial charge >= 0.3 is 0 Å². The van der Waals surface area contributed by atoms with E-state index in [1.165, 1.54) is 13.3 Å². The lowest BCUT2D eigenvalue weighted by molar-refractivity contribution is -0.141. The average molecular weight is 464 g/mol. The first-order valence-corrected chi connectivity index (χ1v) is 9.72. The molecule has 1 aliphatic heterocycles. The Kier molecular flexibility index (Phi) is 3.33. The molecule has 5 rings (SSSR count). The van der Waals surface area contributed by atoms with Crippen molar-refractivity contribution in [3.05, 3.63) is 33.4 Å². The quantitative estimate of drug-likeness (QED) is 0.323. The molecule has 4 aliphatic rings. The number of nitrogens with zero attached hydrogens (tertiary/aromatic N) is 2. The van der Waals surface area contributed by atoms with Crippen LogP contribution in [0.3, 0.4) is 0 Å². The fourth-order valence-corrected chi connectivity index (χ4v) is 5.75. The van der Waals surface area contributed by atoms with Crippen LogP contribution in [0.15, 0.2) is 29.4 Å². The molecule has 3 aliphatic carbocycles. The number of ether oxygens (including phenoxy) is 1. The van der Waals surface area contributed by atoms with Gasteiger partial charge in [0.05, 0.1) is 28.7 Å². The Balaban J connectivity index is 1.43. The highest BCUT2D eigenvalue weighted by Crippen LogP contribution is 2.73. The molecule has 1 N–H and O–H groups in total. The van der Waals surface area contributed by atoms with Gasteiger partial charge in [0.15, 0.2) is 11.5 Å². The number of hydrazone groups is 1. The molecular formula is C19H17IN2O4. The van der Waals surface area contributed by atoms with Crippen molar-refractivity contribution in [3.8, 4) is 11.5 Å². The third-order valence-electron chi connectivity index (χ3n) is 6.42. The molecule has 4 atom stereocenters. The number of fused-ring (bicyclic) bond motifs is 3.